The maximum Gasteiger partial charge on any atom is 0.248 e. The Labute approximate surface area is 111 Å². The third-order valence-corrected chi connectivity index (χ3v) is 2.81. The van der Waals surface area contributed by atoms with Crippen molar-refractivity contribution in [2.24, 2.45) is 0 Å². The van der Waals surface area contributed by atoms with E-state index in [-0.39, 0.29) is 18.6 Å². The lowest BCUT2D eigenvalue weighted by Crippen LogP contribution is -2.30. The van der Waals surface area contributed by atoms with Crippen LogP contribution in [0.3, 0.4) is 0 Å². The van der Waals surface area contributed by atoms with Gasteiger partial charge in [-0.05, 0) is 19.8 Å². The van der Waals surface area contributed by atoms with E-state index in [0.29, 0.717) is 25.0 Å². The Morgan fingerprint density at radius 1 is 1.53 bits per heavy atom. The first-order chi connectivity index (χ1) is 9.20. The van der Waals surface area contributed by atoms with E-state index in [2.05, 4.69) is 15.5 Å². The van der Waals surface area contributed by atoms with Crippen molar-refractivity contribution in [1.29, 1.82) is 0 Å². The lowest BCUT2D eigenvalue weighted by molar-refractivity contribution is -0.126. The van der Waals surface area contributed by atoms with Gasteiger partial charge in [-0.3, -0.25) is 4.79 Å². The highest BCUT2D eigenvalue weighted by molar-refractivity contribution is 5.77. The Morgan fingerprint density at radius 2 is 2.32 bits per heavy atom. The minimum atomic E-state index is -0.307. The average Bonchev–Trinajstić information content (AvgIpc) is 3.12. The molecule has 1 N–H and O–H groups in total. The quantitative estimate of drug-likeness (QED) is 0.702. The van der Waals surface area contributed by atoms with Gasteiger partial charge in [-0.1, -0.05) is 5.16 Å². The molecule has 1 fully saturated rings. The van der Waals surface area contributed by atoms with Gasteiger partial charge in [0.25, 0.3) is 0 Å². The van der Waals surface area contributed by atoms with Crippen molar-refractivity contribution in [2.75, 3.05) is 26.9 Å². The molecular formula is C12H19N3O4. The van der Waals surface area contributed by atoms with Crippen molar-refractivity contribution < 1.29 is 18.8 Å². The third kappa shape index (κ3) is 4.29. The van der Waals surface area contributed by atoms with Crippen LogP contribution in [-0.2, 0) is 14.3 Å². The van der Waals surface area contributed by atoms with Crippen molar-refractivity contribution in [3.63, 3.8) is 0 Å². The molecule has 1 saturated carbocycles. The molecule has 1 aliphatic rings. The van der Waals surface area contributed by atoms with Crippen LogP contribution in [0.2, 0.25) is 0 Å². The standard InChI is InChI=1S/C12H19N3O4/c1-8(13-10(16)7-18-6-5-17-2)12-14-11(15-19-12)9-3-4-9/h8-9H,3-7H2,1-2H3,(H,13,16)/t8-/m1/s1. The fourth-order valence-corrected chi connectivity index (χ4v) is 1.58. The second kappa shape index (κ2) is 6.63. The lowest BCUT2D eigenvalue weighted by Gasteiger charge is -2.09. The van der Waals surface area contributed by atoms with Gasteiger partial charge in [0.05, 0.1) is 13.2 Å². The molecule has 0 saturated heterocycles. The monoisotopic (exact) mass is 269 g/mol. The SMILES string of the molecule is COCCOCC(=O)N[C@H](C)c1nc(C2CC2)no1. The van der Waals surface area contributed by atoms with Gasteiger partial charge in [-0.25, -0.2) is 0 Å². The van der Waals surface area contributed by atoms with E-state index >= 15 is 0 Å². The number of ether oxygens (including phenoxy) is 2. The van der Waals surface area contributed by atoms with E-state index in [0.717, 1.165) is 18.7 Å². The molecule has 0 aliphatic heterocycles. The van der Waals surface area contributed by atoms with Gasteiger partial charge in [0.15, 0.2) is 5.82 Å². The molecule has 106 valence electrons. The summed E-state index contributed by atoms with van der Waals surface area (Å²) in [6, 6.07) is -0.307. The number of hydrogen-bond donors (Lipinski definition) is 1. The summed E-state index contributed by atoms with van der Waals surface area (Å²) in [4.78, 5) is 15.9. The number of aromatic nitrogens is 2. The van der Waals surface area contributed by atoms with Crippen molar-refractivity contribution in [2.45, 2.75) is 31.7 Å². The molecule has 1 aromatic rings. The maximum absolute atomic E-state index is 11.6. The van der Waals surface area contributed by atoms with Crippen LogP contribution in [-0.4, -0.2) is 43.0 Å². The molecule has 0 radical (unpaired) electrons. The zero-order valence-corrected chi connectivity index (χ0v) is 11.2. The Morgan fingerprint density at radius 3 is 3.00 bits per heavy atom. The third-order valence-electron chi connectivity index (χ3n) is 2.81. The second-order valence-electron chi connectivity index (χ2n) is 4.60. The molecule has 0 aromatic carbocycles. The van der Waals surface area contributed by atoms with E-state index in [9.17, 15) is 4.79 Å². The van der Waals surface area contributed by atoms with Crippen molar-refractivity contribution in [1.82, 2.24) is 15.5 Å². The Hall–Kier alpha value is -1.47. The second-order valence-corrected chi connectivity index (χ2v) is 4.60. The van der Waals surface area contributed by atoms with Gasteiger partial charge >= 0.3 is 0 Å². The molecule has 1 heterocycles. The number of carbonyl (C=O) groups excluding carboxylic acids is 1. The van der Waals surface area contributed by atoms with Crippen LogP contribution in [0.15, 0.2) is 4.52 Å². The van der Waals surface area contributed by atoms with Gasteiger partial charge in [0.1, 0.15) is 12.6 Å². The van der Waals surface area contributed by atoms with Gasteiger partial charge in [-0.2, -0.15) is 4.98 Å². The van der Waals surface area contributed by atoms with E-state index in [1.165, 1.54) is 0 Å². The van der Waals surface area contributed by atoms with Crippen LogP contribution >= 0.6 is 0 Å². The van der Waals surface area contributed by atoms with E-state index in [1.807, 2.05) is 0 Å². The van der Waals surface area contributed by atoms with Crippen molar-refractivity contribution in [3.8, 4) is 0 Å². The summed E-state index contributed by atoms with van der Waals surface area (Å²) in [6.45, 7) is 2.66. The molecule has 1 amide bonds. The first-order valence-electron chi connectivity index (χ1n) is 6.40. The number of hydrogen-bond acceptors (Lipinski definition) is 6. The molecule has 1 atom stereocenters. The molecule has 1 aliphatic carbocycles. The predicted octanol–water partition coefficient (Wildman–Crippen LogP) is 0.787. The number of methoxy groups -OCH3 is 1. The van der Waals surface area contributed by atoms with Crippen LogP contribution in [0, 0.1) is 0 Å². The molecule has 1 aromatic heterocycles. The highest BCUT2D eigenvalue weighted by Gasteiger charge is 2.29. The van der Waals surface area contributed by atoms with Crippen LogP contribution in [0.25, 0.3) is 0 Å². The Balaban J connectivity index is 1.72. The summed E-state index contributed by atoms with van der Waals surface area (Å²) in [5.41, 5.74) is 0. The fourth-order valence-electron chi connectivity index (χ4n) is 1.58. The average molecular weight is 269 g/mol. The molecule has 19 heavy (non-hydrogen) atoms. The summed E-state index contributed by atoms with van der Waals surface area (Å²) in [5.74, 6) is 1.41. The van der Waals surface area contributed by atoms with Crippen molar-refractivity contribution >= 4 is 5.91 Å². The van der Waals surface area contributed by atoms with E-state index in [1.54, 1.807) is 14.0 Å². The van der Waals surface area contributed by atoms with E-state index in [4.69, 9.17) is 14.0 Å². The van der Waals surface area contributed by atoms with Crippen LogP contribution in [0.4, 0.5) is 0 Å². The smallest absolute Gasteiger partial charge is 0.248 e. The van der Waals surface area contributed by atoms with Crippen LogP contribution < -0.4 is 5.32 Å². The molecule has 0 bridgehead atoms. The highest BCUT2D eigenvalue weighted by atomic mass is 16.5. The molecule has 2 rings (SSSR count). The zero-order chi connectivity index (χ0) is 13.7. The zero-order valence-electron chi connectivity index (χ0n) is 11.2. The van der Waals surface area contributed by atoms with E-state index < -0.39 is 0 Å². The van der Waals surface area contributed by atoms with Gasteiger partial charge in [0.2, 0.25) is 11.8 Å². The maximum atomic E-state index is 11.6. The Bertz CT molecular complexity index is 417. The van der Waals surface area contributed by atoms with Crippen LogP contribution in [0.5, 0.6) is 0 Å². The number of amides is 1. The topological polar surface area (TPSA) is 86.5 Å². The minimum absolute atomic E-state index is 0.00266. The first-order valence-corrected chi connectivity index (χ1v) is 6.40. The summed E-state index contributed by atoms with van der Waals surface area (Å²) >= 11 is 0. The number of nitrogens with one attached hydrogen (secondary N) is 1. The molecule has 0 spiro atoms. The van der Waals surface area contributed by atoms with Gasteiger partial charge in [-0.15, -0.1) is 0 Å². The normalized spacial score (nSPS) is 16.3. The highest BCUT2D eigenvalue weighted by Crippen LogP contribution is 2.38. The summed E-state index contributed by atoms with van der Waals surface area (Å²) in [6.07, 6.45) is 2.24. The largest absolute Gasteiger partial charge is 0.382 e. The molecule has 7 nitrogen and oxygen atoms in total. The summed E-state index contributed by atoms with van der Waals surface area (Å²) in [5, 5.41) is 6.65. The summed E-state index contributed by atoms with van der Waals surface area (Å²) in [7, 11) is 1.58. The summed E-state index contributed by atoms with van der Waals surface area (Å²) < 4.78 is 15.1. The van der Waals surface area contributed by atoms with Crippen molar-refractivity contribution in [3.05, 3.63) is 11.7 Å². The molecular weight excluding hydrogens is 250 g/mol. The number of carbonyl (C=O) groups is 1. The molecule has 0 unspecified atom stereocenters. The number of nitrogens with zero attached hydrogens (tertiary/aromatic N) is 2. The Kier molecular flexibility index (Phi) is 4.86. The lowest BCUT2D eigenvalue weighted by atomic mass is 10.3. The fraction of sp³-hybridized carbons (Fsp3) is 0.750. The van der Waals surface area contributed by atoms with Gasteiger partial charge in [0, 0.05) is 13.0 Å². The first kappa shape index (κ1) is 14.0. The van der Waals surface area contributed by atoms with Gasteiger partial charge < -0.3 is 19.3 Å². The minimum Gasteiger partial charge on any atom is -0.382 e. The van der Waals surface area contributed by atoms with Crippen LogP contribution in [0.1, 0.15) is 43.4 Å². The molecule has 7 heteroatoms. The number of rotatable bonds is 8. The predicted molar refractivity (Wildman–Crippen MR) is 65.5 cm³/mol.